The minimum Gasteiger partial charge on any atom is -0.397 e. The van der Waals surface area contributed by atoms with Crippen LogP contribution in [0.1, 0.15) is 41.5 Å². The highest BCUT2D eigenvalue weighted by molar-refractivity contribution is 6.71. The van der Waals surface area contributed by atoms with Crippen LogP contribution in [0.15, 0.2) is 0 Å². The lowest BCUT2D eigenvalue weighted by Crippen LogP contribution is -2.53. The van der Waals surface area contributed by atoms with E-state index in [1.165, 1.54) is 0 Å². The fourth-order valence-corrected chi connectivity index (χ4v) is 6.57. The topological polar surface area (TPSA) is 18.5 Å². The highest BCUT2D eigenvalue weighted by Crippen LogP contribution is 2.46. The predicted molar refractivity (Wildman–Crippen MR) is 63.7 cm³/mol. The van der Waals surface area contributed by atoms with Gasteiger partial charge >= 0.3 is 8.56 Å². The SMILES string of the molecule is CO[Si](OC)(C(C)C(C)C)C(C)(C)C. The van der Waals surface area contributed by atoms with Gasteiger partial charge in [-0.2, -0.15) is 0 Å². The van der Waals surface area contributed by atoms with Crippen LogP contribution in [-0.4, -0.2) is 22.8 Å². The van der Waals surface area contributed by atoms with Crippen LogP contribution in [0.4, 0.5) is 0 Å². The van der Waals surface area contributed by atoms with Gasteiger partial charge in [0.2, 0.25) is 0 Å². The quantitative estimate of drug-likeness (QED) is 0.672. The second-order valence-corrected chi connectivity index (χ2v) is 9.92. The van der Waals surface area contributed by atoms with Gasteiger partial charge in [-0.15, -0.1) is 0 Å². The zero-order valence-corrected chi connectivity index (χ0v) is 12.0. The van der Waals surface area contributed by atoms with Crippen LogP contribution < -0.4 is 0 Å². The van der Waals surface area contributed by atoms with Gasteiger partial charge in [0.1, 0.15) is 0 Å². The molecule has 1 atom stereocenters. The zero-order chi connectivity index (χ0) is 11.6. The van der Waals surface area contributed by atoms with Crippen molar-refractivity contribution in [1.29, 1.82) is 0 Å². The van der Waals surface area contributed by atoms with Gasteiger partial charge < -0.3 is 8.85 Å². The second-order valence-electron chi connectivity index (χ2n) is 5.36. The molecule has 0 aliphatic heterocycles. The standard InChI is InChI=1S/C11H26O2Si/c1-9(2)10(3)14(12-7,13-8)11(4,5)6/h9-10H,1-8H3. The summed E-state index contributed by atoms with van der Waals surface area (Å²) in [5, 5.41) is 0.111. The maximum Gasteiger partial charge on any atom is 0.346 e. The summed E-state index contributed by atoms with van der Waals surface area (Å²) in [4.78, 5) is 0. The van der Waals surface area contributed by atoms with E-state index >= 15 is 0 Å². The molecule has 0 aromatic carbocycles. The van der Waals surface area contributed by atoms with Gasteiger partial charge in [0.25, 0.3) is 0 Å². The van der Waals surface area contributed by atoms with Crippen molar-refractivity contribution in [3.05, 3.63) is 0 Å². The number of hydrogen-bond acceptors (Lipinski definition) is 2. The van der Waals surface area contributed by atoms with E-state index in [1.54, 1.807) is 14.2 Å². The van der Waals surface area contributed by atoms with Crippen molar-refractivity contribution in [3.63, 3.8) is 0 Å². The molecule has 0 radical (unpaired) electrons. The molecule has 0 spiro atoms. The van der Waals surface area contributed by atoms with Crippen LogP contribution in [0.5, 0.6) is 0 Å². The third kappa shape index (κ3) is 2.38. The fraction of sp³-hybridized carbons (Fsp3) is 1.00. The van der Waals surface area contributed by atoms with Crippen molar-refractivity contribution >= 4 is 8.56 Å². The average molecular weight is 218 g/mol. The maximum absolute atomic E-state index is 5.79. The number of hydrogen-bond donors (Lipinski definition) is 0. The van der Waals surface area contributed by atoms with Crippen molar-refractivity contribution in [3.8, 4) is 0 Å². The van der Waals surface area contributed by atoms with E-state index in [4.69, 9.17) is 8.85 Å². The maximum atomic E-state index is 5.79. The van der Waals surface area contributed by atoms with Gasteiger partial charge in [-0.3, -0.25) is 0 Å². The fourth-order valence-electron chi connectivity index (χ4n) is 2.19. The Kier molecular flexibility index (Phi) is 4.82. The van der Waals surface area contributed by atoms with Crippen molar-refractivity contribution in [2.75, 3.05) is 14.2 Å². The third-order valence-electron chi connectivity index (χ3n) is 3.25. The lowest BCUT2D eigenvalue weighted by molar-refractivity contribution is 0.193. The highest BCUT2D eigenvalue weighted by Gasteiger charge is 2.53. The Morgan fingerprint density at radius 2 is 1.29 bits per heavy atom. The largest absolute Gasteiger partial charge is 0.397 e. The van der Waals surface area contributed by atoms with E-state index in [-0.39, 0.29) is 5.04 Å². The van der Waals surface area contributed by atoms with E-state index in [1.807, 2.05) is 0 Å². The first-order valence-electron chi connectivity index (χ1n) is 5.33. The molecule has 0 bridgehead atoms. The molecule has 1 unspecified atom stereocenters. The first-order valence-corrected chi connectivity index (χ1v) is 7.22. The summed E-state index contributed by atoms with van der Waals surface area (Å²) >= 11 is 0. The zero-order valence-electron chi connectivity index (χ0n) is 11.0. The number of rotatable bonds is 4. The molecule has 14 heavy (non-hydrogen) atoms. The van der Waals surface area contributed by atoms with E-state index in [9.17, 15) is 0 Å². The molecule has 0 saturated carbocycles. The summed E-state index contributed by atoms with van der Waals surface area (Å²) in [6.07, 6.45) is 0. The van der Waals surface area contributed by atoms with Gasteiger partial charge in [0.15, 0.2) is 0 Å². The summed E-state index contributed by atoms with van der Waals surface area (Å²) in [6, 6.07) is 0. The highest BCUT2D eigenvalue weighted by atomic mass is 28.4. The molecule has 0 N–H and O–H groups in total. The predicted octanol–water partition coefficient (Wildman–Crippen LogP) is 3.57. The summed E-state index contributed by atoms with van der Waals surface area (Å²) in [5.74, 6) is 0.598. The lowest BCUT2D eigenvalue weighted by Gasteiger charge is -2.44. The van der Waals surface area contributed by atoms with E-state index < -0.39 is 8.56 Å². The van der Waals surface area contributed by atoms with E-state index in [0.717, 1.165) is 0 Å². The lowest BCUT2D eigenvalue weighted by atomic mass is 10.1. The molecule has 3 heteroatoms. The minimum absolute atomic E-state index is 0.111. The van der Waals surface area contributed by atoms with Crippen LogP contribution in [0.25, 0.3) is 0 Å². The van der Waals surface area contributed by atoms with Gasteiger partial charge in [-0.1, -0.05) is 41.5 Å². The van der Waals surface area contributed by atoms with Crippen LogP contribution in [0, 0.1) is 5.92 Å². The van der Waals surface area contributed by atoms with Gasteiger partial charge in [0.05, 0.1) is 0 Å². The second kappa shape index (κ2) is 4.77. The molecule has 0 aliphatic carbocycles. The first kappa shape index (κ1) is 14.1. The van der Waals surface area contributed by atoms with Crippen molar-refractivity contribution < 1.29 is 8.85 Å². The molecule has 0 aromatic heterocycles. The van der Waals surface area contributed by atoms with Crippen molar-refractivity contribution in [1.82, 2.24) is 0 Å². The van der Waals surface area contributed by atoms with Crippen molar-refractivity contribution in [2.24, 2.45) is 5.92 Å². The summed E-state index contributed by atoms with van der Waals surface area (Å²) in [7, 11) is 1.47. The van der Waals surface area contributed by atoms with Crippen LogP contribution >= 0.6 is 0 Å². The van der Waals surface area contributed by atoms with Crippen LogP contribution in [0.3, 0.4) is 0 Å². The van der Waals surface area contributed by atoms with E-state index in [0.29, 0.717) is 11.5 Å². The van der Waals surface area contributed by atoms with Crippen LogP contribution in [-0.2, 0) is 8.85 Å². The molecule has 0 heterocycles. The molecule has 0 fully saturated rings. The van der Waals surface area contributed by atoms with E-state index in [2.05, 4.69) is 41.5 Å². The Morgan fingerprint density at radius 1 is 0.929 bits per heavy atom. The molecule has 0 saturated heterocycles. The Hall–Kier alpha value is 0.137. The molecule has 86 valence electrons. The normalized spacial score (nSPS) is 16.1. The molecule has 0 aromatic rings. The van der Waals surface area contributed by atoms with Crippen LogP contribution in [0.2, 0.25) is 10.6 Å². The van der Waals surface area contributed by atoms with Gasteiger partial charge in [-0.05, 0) is 5.92 Å². The van der Waals surface area contributed by atoms with Crippen molar-refractivity contribution in [2.45, 2.75) is 52.1 Å². The Labute approximate surface area is 90.2 Å². The van der Waals surface area contributed by atoms with Gasteiger partial charge in [-0.25, -0.2) is 0 Å². The Balaban J connectivity index is 5.08. The summed E-state index contributed by atoms with van der Waals surface area (Å²) < 4.78 is 11.6. The Bertz CT molecular complexity index is 169. The minimum atomic E-state index is -2.11. The molecular weight excluding hydrogens is 192 g/mol. The molecule has 2 nitrogen and oxygen atoms in total. The average Bonchev–Trinajstić information content (AvgIpc) is 2.04. The molecule has 0 amide bonds. The first-order chi connectivity index (χ1) is 6.23. The Morgan fingerprint density at radius 3 is 1.36 bits per heavy atom. The van der Waals surface area contributed by atoms with Gasteiger partial charge in [0, 0.05) is 24.8 Å². The monoisotopic (exact) mass is 218 g/mol. The third-order valence-corrected chi connectivity index (χ3v) is 8.42. The molecule has 0 aliphatic rings. The summed E-state index contributed by atoms with van der Waals surface area (Å²) in [6.45, 7) is 13.4. The summed E-state index contributed by atoms with van der Waals surface area (Å²) in [5.41, 5.74) is 0.498. The molecule has 0 rings (SSSR count). The molecular formula is C11H26O2Si. The smallest absolute Gasteiger partial charge is 0.346 e.